The average molecular weight is 166 g/mol. The summed E-state index contributed by atoms with van der Waals surface area (Å²) >= 11 is 0. The van der Waals surface area contributed by atoms with Gasteiger partial charge < -0.3 is 5.73 Å². The molecule has 2 aliphatic carbocycles. The van der Waals surface area contributed by atoms with E-state index in [0.717, 1.165) is 12.1 Å². The summed E-state index contributed by atoms with van der Waals surface area (Å²) in [5, 5.41) is 0. The predicted molar refractivity (Wildman–Crippen MR) is 48.9 cm³/mol. The van der Waals surface area contributed by atoms with Gasteiger partial charge in [0, 0.05) is 24.2 Å². The third-order valence-corrected chi connectivity index (χ3v) is 3.93. The van der Waals surface area contributed by atoms with Gasteiger partial charge in [-0.1, -0.05) is 0 Å². The van der Waals surface area contributed by atoms with Crippen molar-refractivity contribution >= 4 is 0 Å². The highest BCUT2D eigenvalue weighted by Gasteiger charge is 2.46. The van der Waals surface area contributed by atoms with Crippen LogP contribution >= 0.6 is 0 Å². The van der Waals surface area contributed by atoms with E-state index in [1.165, 1.54) is 45.1 Å². The van der Waals surface area contributed by atoms with Crippen molar-refractivity contribution in [2.45, 2.75) is 56.1 Å². The lowest BCUT2D eigenvalue weighted by Crippen LogP contribution is -2.62. The average Bonchev–Trinajstić information content (AvgIpc) is 2.86. The van der Waals surface area contributed by atoms with Gasteiger partial charge in [-0.25, -0.2) is 0 Å². The van der Waals surface area contributed by atoms with Gasteiger partial charge in [0.2, 0.25) is 0 Å². The number of fused-ring (bicyclic) bond motifs is 3. The fourth-order valence-electron chi connectivity index (χ4n) is 2.99. The number of piperidine rings is 2. The van der Waals surface area contributed by atoms with Crippen LogP contribution in [0.5, 0.6) is 0 Å². The Bertz CT molecular complexity index is 190. The van der Waals surface area contributed by atoms with Crippen LogP contribution in [0.3, 0.4) is 0 Å². The summed E-state index contributed by atoms with van der Waals surface area (Å²) in [6.45, 7) is 1.20. The molecule has 4 fully saturated rings. The summed E-state index contributed by atoms with van der Waals surface area (Å²) in [5.74, 6) is 0. The van der Waals surface area contributed by atoms with Gasteiger partial charge in [0.15, 0.2) is 0 Å². The second-order valence-electron chi connectivity index (χ2n) is 5.00. The second-order valence-corrected chi connectivity index (χ2v) is 5.00. The highest BCUT2D eigenvalue weighted by atomic mass is 15.2. The van der Waals surface area contributed by atoms with E-state index in [9.17, 15) is 0 Å². The molecule has 0 radical (unpaired) electrons. The van der Waals surface area contributed by atoms with Crippen molar-refractivity contribution in [2.24, 2.45) is 5.73 Å². The number of nitrogens with two attached hydrogens (primary N) is 1. The molecule has 0 spiro atoms. The fraction of sp³-hybridized carbons (Fsp3) is 1.00. The van der Waals surface area contributed by atoms with Gasteiger partial charge in [-0.15, -0.1) is 0 Å². The SMILES string of the molecule is NC12CCC(CC1)N(C1CC1)C2. The normalized spacial score (nSPS) is 48.2. The fourth-order valence-corrected chi connectivity index (χ4v) is 2.99. The summed E-state index contributed by atoms with van der Waals surface area (Å²) in [4.78, 5) is 2.70. The lowest BCUT2D eigenvalue weighted by Gasteiger charge is -2.51. The Hall–Kier alpha value is -0.0800. The molecule has 2 bridgehead atoms. The first-order valence-electron chi connectivity index (χ1n) is 5.31. The number of rotatable bonds is 1. The Morgan fingerprint density at radius 2 is 1.58 bits per heavy atom. The molecule has 68 valence electrons. The van der Waals surface area contributed by atoms with Crippen LogP contribution in [0.4, 0.5) is 0 Å². The molecule has 2 aliphatic heterocycles. The topological polar surface area (TPSA) is 29.3 Å². The molecule has 2 heterocycles. The molecular weight excluding hydrogens is 148 g/mol. The molecule has 0 atom stereocenters. The molecular formula is C10H18N2. The minimum absolute atomic E-state index is 0.206. The van der Waals surface area contributed by atoms with E-state index in [2.05, 4.69) is 4.90 Å². The maximum absolute atomic E-state index is 6.31. The van der Waals surface area contributed by atoms with E-state index in [1.807, 2.05) is 0 Å². The third-order valence-electron chi connectivity index (χ3n) is 3.93. The maximum atomic E-state index is 6.31. The molecule has 2 saturated carbocycles. The Balaban J connectivity index is 1.80. The molecule has 2 saturated heterocycles. The van der Waals surface area contributed by atoms with E-state index in [1.54, 1.807) is 0 Å². The van der Waals surface area contributed by atoms with Crippen LogP contribution in [0.2, 0.25) is 0 Å². The molecule has 2 heteroatoms. The molecule has 0 aromatic heterocycles. The van der Waals surface area contributed by atoms with Crippen LogP contribution in [-0.4, -0.2) is 29.1 Å². The smallest absolute Gasteiger partial charge is 0.0284 e. The van der Waals surface area contributed by atoms with Crippen molar-refractivity contribution in [1.29, 1.82) is 0 Å². The molecule has 12 heavy (non-hydrogen) atoms. The van der Waals surface area contributed by atoms with Gasteiger partial charge in [0.05, 0.1) is 0 Å². The Morgan fingerprint density at radius 1 is 1.00 bits per heavy atom. The van der Waals surface area contributed by atoms with Crippen molar-refractivity contribution in [3.8, 4) is 0 Å². The van der Waals surface area contributed by atoms with Gasteiger partial charge >= 0.3 is 0 Å². The number of nitrogens with zero attached hydrogens (tertiary/aromatic N) is 1. The largest absolute Gasteiger partial charge is 0.324 e. The van der Waals surface area contributed by atoms with Crippen LogP contribution in [0.15, 0.2) is 0 Å². The van der Waals surface area contributed by atoms with Crippen LogP contribution in [0.1, 0.15) is 38.5 Å². The van der Waals surface area contributed by atoms with Crippen LogP contribution in [0, 0.1) is 0 Å². The first-order chi connectivity index (χ1) is 5.77. The molecule has 0 unspecified atom stereocenters. The van der Waals surface area contributed by atoms with E-state index in [4.69, 9.17) is 5.73 Å². The van der Waals surface area contributed by atoms with Crippen molar-refractivity contribution in [3.05, 3.63) is 0 Å². The maximum Gasteiger partial charge on any atom is 0.0284 e. The molecule has 2 N–H and O–H groups in total. The molecule has 0 amide bonds. The van der Waals surface area contributed by atoms with E-state index < -0.39 is 0 Å². The Kier molecular flexibility index (Phi) is 1.37. The number of hydrogen-bond acceptors (Lipinski definition) is 2. The van der Waals surface area contributed by atoms with Gasteiger partial charge in [-0.3, -0.25) is 4.90 Å². The van der Waals surface area contributed by atoms with Crippen molar-refractivity contribution in [3.63, 3.8) is 0 Å². The van der Waals surface area contributed by atoms with Crippen LogP contribution in [-0.2, 0) is 0 Å². The zero-order valence-corrected chi connectivity index (χ0v) is 7.63. The van der Waals surface area contributed by atoms with Gasteiger partial charge in [-0.05, 0) is 38.5 Å². The Labute approximate surface area is 74.1 Å². The highest BCUT2D eigenvalue weighted by molar-refractivity contribution is 5.05. The van der Waals surface area contributed by atoms with E-state index >= 15 is 0 Å². The molecule has 2 nitrogen and oxygen atoms in total. The summed E-state index contributed by atoms with van der Waals surface area (Å²) in [7, 11) is 0. The summed E-state index contributed by atoms with van der Waals surface area (Å²) in [6, 6.07) is 1.83. The zero-order chi connectivity index (χ0) is 8.18. The van der Waals surface area contributed by atoms with Crippen molar-refractivity contribution in [2.75, 3.05) is 6.54 Å². The van der Waals surface area contributed by atoms with Crippen LogP contribution in [0.25, 0.3) is 0 Å². The summed E-state index contributed by atoms with van der Waals surface area (Å²) in [6.07, 6.45) is 8.17. The Morgan fingerprint density at radius 3 is 2.08 bits per heavy atom. The number of hydrogen-bond donors (Lipinski definition) is 1. The lowest BCUT2D eigenvalue weighted by molar-refractivity contribution is 0.0238. The lowest BCUT2D eigenvalue weighted by atomic mass is 9.74. The first kappa shape index (κ1) is 7.34. The van der Waals surface area contributed by atoms with Gasteiger partial charge in [0.1, 0.15) is 0 Å². The molecule has 0 aromatic rings. The third kappa shape index (κ3) is 1.01. The monoisotopic (exact) mass is 166 g/mol. The summed E-state index contributed by atoms with van der Waals surface area (Å²) in [5.41, 5.74) is 6.52. The van der Waals surface area contributed by atoms with E-state index in [0.29, 0.717) is 0 Å². The van der Waals surface area contributed by atoms with Gasteiger partial charge in [-0.2, -0.15) is 0 Å². The minimum Gasteiger partial charge on any atom is -0.324 e. The van der Waals surface area contributed by atoms with Crippen molar-refractivity contribution < 1.29 is 0 Å². The second kappa shape index (κ2) is 2.24. The molecule has 4 rings (SSSR count). The van der Waals surface area contributed by atoms with E-state index in [-0.39, 0.29) is 5.54 Å². The predicted octanol–water partition coefficient (Wildman–Crippen LogP) is 1.10. The first-order valence-corrected chi connectivity index (χ1v) is 5.31. The quantitative estimate of drug-likeness (QED) is 0.632. The van der Waals surface area contributed by atoms with Gasteiger partial charge in [0.25, 0.3) is 0 Å². The standard InChI is InChI=1S/C10H18N2/c11-10-5-3-9(4-6-10)12(7-10)8-1-2-8/h8-9H,1-7,11H2. The zero-order valence-electron chi connectivity index (χ0n) is 7.63. The molecule has 0 aromatic carbocycles. The summed E-state index contributed by atoms with van der Waals surface area (Å²) < 4.78 is 0. The van der Waals surface area contributed by atoms with Crippen molar-refractivity contribution in [1.82, 2.24) is 4.90 Å². The highest BCUT2D eigenvalue weighted by Crippen LogP contribution is 2.42. The molecule has 4 aliphatic rings. The van der Waals surface area contributed by atoms with Crippen LogP contribution < -0.4 is 5.73 Å². The minimum atomic E-state index is 0.206.